The summed E-state index contributed by atoms with van der Waals surface area (Å²) in [5.74, 6) is 0. The summed E-state index contributed by atoms with van der Waals surface area (Å²) in [7, 11) is 0. The van der Waals surface area contributed by atoms with E-state index in [1.165, 1.54) is 0 Å². The fourth-order valence-corrected chi connectivity index (χ4v) is 3.62. The van der Waals surface area contributed by atoms with E-state index in [4.69, 9.17) is 0 Å². The van der Waals surface area contributed by atoms with Crippen molar-refractivity contribution in [1.29, 1.82) is 0 Å². The van der Waals surface area contributed by atoms with Crippen molar-refractivity contribution in [2.75, 3.05) is 0 Å². The van der Waals surface area contributed by atoms with E-state index in [0.29, 0.717) is 5.52 Å². The van der Waals surface area contributed by atoms with E-state index < -0.39 is 0 Å². The molecule has 0 aliphatic heterocycles. The van der Waals surface area contributed by atoms with Crippen LogP contribution in [0.25, 0.3) is 43.7 Å². The lowest BCUT2D eigenvalue weighted by Gasteiger charge is -1.98. The summed E-state index contributed by atoms with van der Waals surface area (Å²) >= 11 is 0. The quantitative estimate of drug-likeness (QED) is 0.434. The number of hydrogen-bond donors (Lipinski definition) is 1. The van der Waals surface area contributed by atoms with Gasteiger partial charge in [0.05, 0.1) is 5.52 Å². The Hall–Kier alpha value is -3.39. The normalized spacial score (nSPS) is 11.4. The van der Waals surface area contributed by atoms with E-state index >= 15 is 0 Å². The zero-order valence-corrected chi connectivity index (χ0v) is 13.5. The number of fused-ring (bicyclic) bond motifs is 5. The number of benzene rings is 3. The highest BCUT2D eigenvalue weighted by molar-refractivity contribution is 6.17. The van der Waals surface area contributed by atoms with Gasteiger partial charge in [0.15, 0.2) is 0 Å². The molecule has 0 atom stereocenters. The molecular formula is C23H15NO. The molecule has 0 unspecified atom stereocenters. The van der Waals surface area contributed by atoms with Crippen LogP contribution in [0, 0.1) is 0 Å². The van der Waals surface area contributed by atoms with Crippen molar-refractivity contribution < 1.29 is 0 Å². The number of H-pyrrole nitrogens is 1. The van der Waals surface area contributed by atoms with E-state index in [1.54, 1.807) is 0 Å². The molecule has 2 heteroatoms. The third kappa shape index (κ3) is 2.08. The summed E-state index contributed by atoms with van der Waals surface area (Å²) in [5, 5.41) is 4.90. The standard InChI is InChI=1S/C23H15NO/c25-23-19-13-7-6-11-17(19)16-10-4-5-12-18(16)20-14-21(24-22(20)23)15-8-2-1-3-9-15/h1-14,24H. The van der Waals surface area contributed by atoms with Crippen LogP contribution < -0.4 is 5.43 Å². The molecule has 0 saturated heterocycles. The Labute approximate surface area is 144 Å². The Morgan fingerprint density at radius 2 is 1.08 bits per heavy atom. The van der Waals surface area contributed by atoms with Gasteiger partial charge in [0.25, 0.3) is 0 Å². The molecule has 118 valence electrons. The molecule has 1 aromatic heterocycles. The number of hydrogen-bond acceptors (Lipinski definition) is 1. The Bertz CT molecular complexity index is 1300. The monoisotopic (exact) mass is 321 g/mol. The van der Waals surface area contributed by atoms with Crippen LogP contribution in [0.5, 0.6) is 0 Å². The molecule has 0 radical (unpaired) electrons. The zero-order valence-electron chi connectivity index (χ0n) is 13.5. The van der Waals surface area contributed by atoms with E-state index in [9.17, 15) is 4.79 Å². The average Bonchev–Trinajstić information content (AvgIpc) is 3.10. The van der Waals surface area contributed by atoms with Gasteiger partial charge in [-0.2, -0.15) is 0 Å². The van der Waals surface area contributed by atoms with Crippen LogP contribution in [0.1, 0.15) is 0 Å². The highest BCUT2D eigenvalue weighted by Crippen LogP contribution is 2.31. The SMILES string of the molecule is O=c1c2ccccc2c2ccccc2c2cc(-c3ccccc3)[nH]c12. The number of nitrogens with one attached hydrogen (secondary N) is 1. The maximum atomic E-state index is 13.2. The average molecular weight is 321 g/mol. The van der Waals surface area contributed by atoms with Crippen molar-refractivity contribution in [1.82, 2.24) is 4.98 Å². The molecule has 2 nitrogen and oxygen atoms in total. The molecule has 0 bridgehead atoms. The maximum absolute atomic E-state index is 13.2. The number of aromatic amines is 1. The van der Waals surface area contributed by atoms with Crippen LogP contribution in [0.4, 0.5) is 0 Å². The molecule has 5 rings (SSSR count). The topological polar surface area (TPSA) is 32.9 Å². The van der Waals surface area contributed by atoms with Gasteiger partial charge in [0.2, 0.25) is 5.43 Å². The molecule has 0 aliphatic rings. The van der Waals surface area contributed by atoms with Crippen molar-refractivity contribution in [3.05, 3.63) is 95.2 Å². The second-order valence-corrected chi connectivity index (χ2v) is 6.26. The Morgan fingerprint density at radius 3 is 1.76 bits per heavy atom. The summed E-state index contributed by atoms with van der Waals surface area (Å²) < 4.78 is 0. The predicted molar refractivity (Wildman–Crippen MR) is 105 cm³/mol. The molecule has 0 spiro atoms. The van der Waals surface area contributed by atoms with E-state index in [-0.39, 0.29) is 5.43 Å². The lowest BCUT2D eigenvalue weighted by Crippen LogP contribution is -1.98. The smallest absolute Gasteiger partial charge is 0.210 e. The van der Waals surface area contributed by atoms with Crippen LogP contribution >= 0.6 is 0 Å². The first-order chi connectivity index (χ1) is 12.3. The summed E-state index contributed by atoms with van der Waals surface area (Å²) in [4.78, 5) is 16.6. The van der Waals surface area contributed by atoms with Crippen molar-refractivity contribution in [3.63, 3.8) is 0 Å². The molecular weight excluding hydrogens is 306 g/mol. The molecule has 0 aliphatic carbocycles. The Morgan fingerprint density at radius 1 is 0.560 bits per heavy atom. The first-order valence-electron chi connectivity index (χ1n) is 8.35. The number of rotatable bonds is 1. The van der Waals surface area contributed by atoms with Crippen molar-refractivity contribution in [2.24, 2.45) is 0 Å². The molecule has 0 amide bonds. The van der Waals surface area contributed by atoms with Crippen molar-refractivity contribution in [2.45, 2.75) is 0 Å². The van der Waals surface area contributed by atoms with E-state index in [2.05, 4.69) is 35.3 Å². The van der Waals surface area contributed by atoms with Gasteiger partial charge in [-0.15, -0.1) is 0 Å². The third-order valence-electron chi connectivity index (χ3n) is 4.81. The second kappa shape index (κ2) is 5.32. The van der Waals surface area contributed by atoms with Gasteiger partial charge in [-0.05, 0) is 27.8 Å². The van der Waals surface area contributed by atoms with Gasteiger partial charge in [-0.3, -0.25) is 4.79 Å². The van der Waals surface area contributed by atoms with Crippen LogP contribution in [-0.4, -0.2) is 4.98 Å². The molecule has 1 heterocycles. The summed E-state index contributed by atoms with van der Waals surface area (Å²) in [6, 6.07) is 28.3. The van der Waals surface area contributed by atoms with Gasteiger partial charge < -0.3 is 4.98 Å². The van der Waals surface area contributed by atoms with Crippen LogP contribution in [0.15, 0.2) is 89.7 Å². The lowest BCUT2D eigenvalue weighted by molar-refractivity contribution is 1.44. The molecule has 1 N–H and O–H groups in total. The first-order valence-corrected chi connectivity index (χ1v) is 8.35. The fraction of sp³-hybridized carbons (Fsp3) is 0. The molecule has 25 heavy (non-hydrogen) atoms. The highest BCUT2D eigenvalue weighted by Gasteiger charge is 2.12. The molecule has 0 fully saturated rings. The minimum absolute atomic E-state index is 0.0454. The summed E-state index contributed by atoms with van der Waals surface area (Å²) in [6.45, 7) is 0. The van der Waals surface area contributed by atoms with Gasteiger partial charge >= 0.3 is 0 Å². The highest BCUT2D eigenvalue weighted by atomic mass is 16.1. The van der Waals surface area contributed by atoms with Crippen LogP contribution in [0.2, 0.25) is 0 Å². The molecule has 5 aromatic rings. The third-order valence-corrected chi connectivity index (χ3v) is 4.81. The largest absolute Gasteiger partial charge is 0.351 e. The molecule has 4 aromatic carbocycles. The summed E-state index contributed by atoms with van der Waals surface area (Å²) in [5.41, 5.74) is 2.75. The maximum Gasteiger partial charge on any atom is 0.210 e. The van der Waals surface area contributed by atoms with E-state index in [1.807, 2.05) is 54.6 Å². The first kappa shape index (κ1) is 14.0. The van der Waals surface area contributed by atoms with Gasteiger partial charge in [-0.25, -0.2) is 0 Å². The van der Waals surface area contributed by atoms with Gasteiger partial charge in [0.1, 0.15) is 0 Å². The Kier molecular flexibility index (Phi) is 2.98. The molecule has 0 saturated carbocycles. The zero-order chi connectivity index (χ0) is 16.8. The second-order valence-electron chi connectivity index (χ2n) is 6.26. The van der Waals surface area contributed by atoms with Gasteiger partial charge in [0, 0.05) is 16.5 Å². The van der Waals surface area contributed by atoms with Crippen LogP contribution in [0.3, 0.4) is 0 Å². The van der Waals surface area contributed by atoms with Gasteiger partial charge in [-0.1, -0.05) is 78.9 Å². The number of aromatic nitrogens is 1. The minimum atomic E-state index is 0.0454. The van der Waals surface area contributed by atoms with Crippen molar-refractivity contribution in [3.8, 4) is 11.3 Å². The summed E-state index contributed by atoms with van der Waals surface area (Å²) in [6.07, 6.45) is 0. The Balaban J connectivity index is 2.04. The minimum Gasteiger partial charge on any atom is -0.351 e. The van der Waals surface area contributed by atoms with Crippen molar-refractivity contribution >= 4 is 32.4 Å². The van der Waals surface area contributed by atoms with E-state index in [0.717, 1.165) is 38.2 Å². The predicted octanol–water partition coefficient (Wildman–Crippen LogP) is 5.50. The lowest BCUT2D eigenvalue weighted by atomic mass is 10.1. The fourth-order valence-electron chi connectivity index (χ4n) is 3.62. The van der Waals surface area contributed by atoms with Crippen LogP contribution in [-0.2, 0) is 0 Å².